The van der Waals surface area contributed by atoms with Gasteiger partial charge in [0, 0.05) is 44.7 Å². The van der Waals surface area contributed by atoms with Gasteiger partial charge in [-0.2, -0.15) is 0 Å². The topological polar surface area (TPSA) is 6.48 Å². The van der Waals surface area contributed by atoms with E-state index in [0.29, 0.717) is 0 Å². The van der Waals surface area contributed by atoms with Crippen molar-refractivity contribution in [3.05, 3.63) is 240 Å². The zero-order chi connectivity index (χ0) is 44.9. The van der Waals surface area contributed by atoms with Gasteiger partial charge in [-0.1, -0.05) is 137 Å². The Hall–Kier alpha value is -7.82. The number of fused-ring (bicyclic) bond motifs is 9. The molecule has 0 aliphatic heterocycles. The predicted octanol–water partition coefficient (Wildman–Crippen LogP) is 17.5. The fourth-order valence-corrected chi connectivity index (χ4v) is 10.9. The highest BCUT2D eigenvalue weighted by Gasteiger charge is 2.39. The molecule has 0 heterocycles. The van der Waals surface area contributed by atoms with Crippen LogP contribution in [0.2, 0.25) is 0 Å². The Morgan fingerprint density at radius 3 is 1.56 bits per heavy atom. The van der Waals surface area contributed by atoms with E-state index in [1.807, 2.05) is 24.3 Å². The normalized spacial score (nSPS) is 13.8. The summed E-state index contributed by atoms with van der Waals surface area (Å²) >= 11 is 0. The zero-order valence-corrected chi connectivity index (χ0v) is 37.3. The first kappa shape index (κ1) is 39.7. The molecule has 0 atom stereocenters. The van der Waals surface area contributed by atoms with Crippen LogP contribution in [0.1, 0.15) is 49.9 Å². The van der Waals surface area contributed by atoms with Gasteiger partial charge in [-0.15, -0.1) is 0 Å². The van der Waals surface area contributed by atoms with Gasteiger partial charge in [-0.3, -0.25) is 0 Å². The summed E-state index contributed by atoms with van der Waals surface area (Å²) in [6, 6.07) is 70.7. The molecule has 10 aromatic carbocycles. The summed E-state index contributed by atoms with van der Waals surface area (Å²) in [7, 11) is 0. The van der Waals surface area contributed by atoms with Crippen LogP contribution in [0.5, 0.6) is 0 Å². The van der Waals surface area contributed by atoms with Crippen molar-refractivity contribution < 1.29 is 8.78 Å². The highest BCUT2D eigenvalue weighted by Crippen LogP contribution is 2.56. The van der Waals surface area contributed by atoms with E-state index in [1.165, 1.54) is 67.4 Å². The molecule has 12 rings (SSSR count). The minimum Gasteiger partial charge on any atom is -0.310 e. The summed E-state index contributed by atoms with van der Waals surface area (Å²) in [5.41, 5.74) is 17.8. The van der Waals surface area contributed by atoms with Gasteiger partial charge in [0.1, 0.15) is 11.6 Å². The molecular weight excluding hydrogens is 811 g/mol. The summed E-state index contributed by atoms with van der Waals surface area (Å²) < 4.78 is 28.8. The van der Waals surface area contributed by atoms with Crippen LogP contribution < -0.4 is 9.80 Å². The lowest BCUT2D eigenvalue weighted by Crippen LogP contribution is -2.17. The maximum Gasteiger partial charge on any atom is 0.123 e. The van der Waals surface area contributed by atoms with Crippen molar-refractivity contribution in [1.82, 2.24) is 0 Å². The molecule has 0 saturated carbocycles. The first-order chi connectivity index (χ1) is 32.0. The number of rotatable bonds is 7. The van der Waals surface area contributed by atoms with Gasteiger partial charge in [0.15, 0.2) is 0 Å². The lowest BCUT2D eigenvalue weighted by atomic mass is 9.81. The first-order valence-corrected chi connectivity index (χ1v) is 22.7. The van der Waals surface area contributed by atoms with Gasteiger partial charge in [-0.25, -0.2) is 8.78 Å². The average molecular weight is 857 g/mol. The SMILES string of the molecule is CC1(C)c2ccccc2-c2ccc(N(c3ccc(F)cc3)c3ccc(-c4ccc5c(c4)C(C)(C)c4cc(N(c6ccc(F)cc6)c6ccc7ccccc7c6)c6ccccc6c4-5)cc3)cc21. The van der Waals surface area contributed by atoms with Crippen molar-refractivity contribution in [1.29, 1.82) is 0 Å². The van der Waals surface area contributed by atoms with E-state index >= 15 is 0 Å². The van der Waals surface area contributed by atoms with Gasteiger partial charge >= 0.3 is 0 Å². The Kier molecular flexibility index (Phi) is 8.95. The molecule has 0 N–H and O–H groups in total. The molecule has 0 spiro atoms. The Morgan fingerprint density at radius 2 is 0.833 bits per heavy atom. The molecule has 0 radical (unpaired) electrons. The van der Waals surface area contributed by atoms with E-state index in [0.717, 1.165) is 56.0 Å². The predicted molar refractivity (Wildman–Crippen MR) is 271 cm³/mol. The average Bonchev–Trinajstić information content (AvgIpc) is 3.71. The second kappa shape index (κ2) is 14.9. The smallest absolute Gasteiger partial charge is 0.123 e. The van der Waals surface area contributed by atoms with Crippen molar-refractivity contribution in [2.45, 2.75) is 38.5 Å². The summed E-state index contributed by atoms with van der Waals surface area (Å²) in [6.07, 6.45) is 0. The number of hydrogen-bond acceptors (Lipinski definition) is 2. The summed E-state index contributed by atoms with van der Waals surface area (Å²) in [5.74, 6) is -0.529. The lowest BCUT2D eigenvalue weighted by molar-refractivity contribution is 0.627. The molecule has 0 bridgehead atoms. The van der Waals surface area contributed by atoms with Gasteiger partial charge in [0.2, 0.25) is 0 Å². The van der Waals surface area contributed by atoms with Crippen LogP contribution in [0.4, 0.5) is 42.9 Å². The fraction of sp³-hybridized carbons (Fsp3) is 0.0968. The molecule has 0 fully saturated rings. The second-order valence-corrected chi connectivity index (χ2v) is 18.9. The minimum absolute atomic E-state index is 0.158. The molecule has 0 unspecified atom stereocenters. The molecule has 66 heavy (non-hydrogen) atoms. The first-order valence-electron chi connectivity index (χ1n) is 22.7. The minimum atomic E-state index is -0.336. The van der Waals surface area contributed by atoms with Crippen LogP contribution in [0.3, 0.4) is 0 Å². The molecular formula is C62H46F2N2. The molecule has 0 saturated heterocycles. The number of hydrogen-bond donors (Lipinski definition) is 0. The van der Waals surface area contributed by atoms with E-state index in [-0.39, 0.29) is 22.5 Å². The number of anilines is 6. The summed E-state index contributed by atoms with van der Waals surface area (Å²) in [6.45, 7) is 9.26. The fourth-order valence-electron chi connectivity index (χ4n) is 10.9. The number of benzene rings is 10. The summed E-state index contributed by atoms with van der Waals surface area (Å²) in [5, 5.41) is 4.62. The van der Waals surface area contributed by atoms with E-state index in [2.05, 4.69) is 195 Å². The third-order valence-electron chi connectivity index (χ3n) is 14.3. The largest absolute Gasteiger partial charge is 0.310 e. The maximum atomic E-state index is 14.5. The molecule has 4 heteroatoms. The van der Waals surface area contributed by atoms with Crippen molar-refractivity contribution in [3.63, 3.8) is 0 Å². The van der Waals surface area contributed by atoms with Crippen LogP contribution in [-0.2, 0) is 10.8 Å². The van der Waals surface area contributed by atoms with Crippen LogP contribution >= 0.6 is 0 Å². The lowest BCUT2D eigenvalue weighted by Gasteiger charge is -2.30. The number of halogens is 2. The molecule has 2 aliphatic carbocycles. The Morgan fingerprint density at radius 1 is 0.333 bits per heavy atom. The highest BCUT2D eigenvalue weighted by atomic mass is 19.1. The molecule has 0 aromatic heterocycles. The molecule has 10 aromatic rings. The Bertz CT molecular complexity index is 3550. The Labute approximate surface area is 384 Å². The van der Waals surface area contributed by atoms with Gasteiger partial charge < -0.3 is 9.80 Å². The monoisotopic (exact) mass is 856 g/mol. The van der Waals surface area contributed by atoms with E-state index in [9.17, 15) is 8.78 Å². The van der Waals surface area contributed by atoms with Crippen LogP contribution in [0.15, 0.2) is 206 Å². The quantitative estimate of drug-likeness (QED) is 0.158. The third kappa shape index (κ3) is 6.19. The van der Waals surface area contributed by atoms with Gasteiger partial charge in [-0.05, 0) is 169 Å². The van der Waals surface area contributed by atoms with Crippen molar-refractivity contribution in [2.24, 2.45) is 0 Å². The van der Waals surface area contributed by atoms with E-state index in [4.69, 9.17) is 0 Å². The van der Waals surface area contributed by atoms with E-state index < -0.39 is 0 Å². The highest BCUT2D eigenvalue weighted by molar-refractivity contribution is 6.10. The van der Waals surface area contributed by atoms with Crippen molar-refractivity contribution in [2.75, 3.05) is 9.80 Å². The summed E-state index contributed by atoms with van der Waals surface area (Å²) in [4.78, 5) is 4.50. The third-order valence-corrected chi connectivity index (χ3v) is 14.3. The van der Waals surface area contributed by atoms with E-state index in [1.54, 1.807) is 12.1 Å². The molecule has 0 amide bonds. The second-order valence-electron chi connectivity index (χ2n) is 18.9. The van der Waals surface area contributed by atoms with Crippen LogP contribution in [-0.4, -0.2) is 0 Å². The number of nitrogens with zero attached hydrogens (tertiary/aromatic N) is 2. The zero-order valence-electron chi connectivity index (χ0n) is 37.3. The van der Waals surface area contributed by atoms with Gasteiger partial charge in [0.25, 0.3) is 0 Å². The van der Waals surface area contributed by atoms with Crippen LogP contribution in [0.25, 0.3) is 54.9 Å². The molecule has 2 aliphatic rings. The van der Waals surface area contributed by atoms with Crippen LogP contribution in [0, 0.1) is 11.6 Å². The molecule has 318 valence electrons. The molecule has 2 nitrogen and oxygen atoms in total. The van der Waals surface area contributed by atoms with Gasteiger partial charge in [0.05, 0.1) is 5.69 Å². The maximum absolute atomic E-state index is 14.5. The standard InChI is InChI=1S/C62H46F2N2/c1-61(2)55-16-10-9-13-50(55)51-34-32-49(37-57(51)61)65(46-28-21-43(63)22-29-46)45-25-17-40(18-26-45)42-20-33-54-56(36-42)62(3,4)58-38-59(52-14-7-8-15-53(52)60(54)58)66(47-30-23-44(64)24-31-47)48-27-19-39-11-5-6-12-41(39)35-48/h5-38H,1-4H3. The van der Waals surface area contributed by atoms with Crippen molar-refractivity contribution >= 4 is 55.7 Å². The van der Waals surface area contributed by atoms with Crippen molar-refractivity contribution in [3.8, 4) is 33.4 Å². The Balaban J connectivity index is 0.942.